The van der Waals surface area contributed by atoms with Gasteiger partial charge in [0, 0.05) is 5.56 Å². The van der Waals surface area contributed by atoms with Crippen molar-refractivity contribution in [1.82, 2.24) is 4.98 Å². The first-order chi connectivity index (χ1) is 10.8. The molecule has 1 aromatic carbocycles. The lowest BCUT2D eigenvalue weighted by atomic mass is 9.93. The number of fused-ring (bicyclic) bond motifs is 2. The van der Waals surface area contributed by atoms with Gasteiger partial charge in [0.2, 0.25) is 0 Å². The van der Waals surface area contributed by atoms with Gasteiger partial charge in [0.25, 0.3) is 5.88 Å². The number of hydrogen-bond donors (Lipinski definition) is 0. The van der Waals surface area contributed by atoms with E-state index < -0.39 is 6.10 Å². The second-order valence-electron chi connectivity index (χ2n) is 5.38. The smallest absolute Gasteiger partial charge is 0.264 e. The maximum Gasteiger partial charge on any atom is 0.264 e. The third-order valence-corrected chi connectivity index (χ3v) is 3.96. The number of benzene rings is 1. The molecule has 0 fully saturated rings. The molecule has 0 spiro atoms. The molecule has 2 aromatic rings. The third kappa shape index (κ3) is 2.12. The van der Waals surface area contributed by atoms with Gasteiger partial charge in [-0.2, -0.15) is 0 Å². The molecule has 110 valence electrons. The zero-order chi connectivity index (χ0) is 15.1. The average Bonchev–Trinajstić information content (AvgIpc) is 3.32. The molecule has 1 aromatic heterocycles. The molecule has 0 saturated heterocycles. The zero-order valence-electron chi connectivity index (χ0n) is 12.2. The predicted molar refractivity (Wildman–Crippen MR) is 82.1 cm³/mol. The molecule has 2 heterocycles. The normalized spacial score (nSPS) is 17.7. The standard InChI is InChI=1S/C18H15NO3/c1-2-12-15-13(19-18-17(12)22-18)8-9-14(16(15)20)21-10-11-6-4-3-5-7-11/h3-9,14H,2,10H2,1H3. The van der Waals surface area contributed by atoms with Gasteiger partial charge in [-0.25, -0.2) is 4.98 Å². The van der Waals surface area contributed by atoms with Crippen molar-refractivity contribution in [1.29, 1.82) is 0 Å². The van der Waals surface area contributed by atoms with Gasteiger partial charge in [-0.15, -0.1) is 0 Å². The Hall–Kier alpha value is -2.46. The molecule has 1 aliphatic carbocycles. The highest BCUT2D eigenvalue weighted by molar-refractivity contribution is 6.07. The lowest BCUT2D eigenvalue weighted by Crippen LogP contribution is -2.26. The largest absolute Gasteiger partial charge is 0.430 e. The minimum absolute atomic E-state index is 0.0314. The molecule has 22 heavy (non-hydrogen) atoms. The summed E-state index contributed by atoms with van der Waals surface area (Å²) >= 11 is 0. The monoisotopic (exact) mass is 293 g/mol. The van der Waals surface area contributed by atoms with Crippen LogP contribution in [0.2, 0.25) is 0 Å². The fourth-order valence-electron chi connectivity index (χ4n) is 2.80. The minimum atomic E-state index is -0.559. The highest BCUT2D eigenvalue weighted by atomic mass is 16.6. The number of aromatic nitrogens is 1. The van der Waals surface area contributed by atoms with Crippen LogP contribution in [0.1, 0.15) is 34.1 Å². The minimum Gasteiger partial charge on any atom is -0.430 e. The first kappa shape index (κ1) is 13.2. The summed E-state index contributed by atoms with van der Waals surface area (Å²) < 4.78 is 11.1. The third-order valence-electron chi connectivity index (χ3n) is 3.96. The SMILES string of the molecule is CCc1c2c(nc3c1C(=O)C(OCc1ccccc1)C=C3)O2. The van der Waals surface area contributed by atoms with Crippen LogP contribution in [0, 0.1) is 0 Å². The Morgan fingerprint density at radius 1 is 1.27 bits per heavy atom. The topological polar surface area (TPSA) is 51.7 Å². The highest BCUT2D eigenvalue weighted by Crippen LogP contribution is 2.49. The van der Waals surface area contributed by atoms with Gasteiger partial charge < -0.3 is 9.47 Å². The van der Waals surface area contributed by atoms with Crippen LogP contribution in [0.25, 0.3) is 6.08 Å². The van der Waals surface area contributed by atoms with E-state index in [1.54, 1.807) is 6.08 Å². The summed E-state index contributed by atoms with van der Waals surface area (Å²) in [6.07, 6.45) is 3.82. The lowest BCUT2D eigenvalue weighted by Gasteiger charge is -2.19. The Balaban J connectivity index is 1.59. The first-order valence-electron chi connectivity index (χ1n) is 7.40. The molecule has 0 radical (unpaired) electrons. The van der Waals surface area contributed by atoms with Gasteiger partial charge in [-0.05, 0) is 24.1 Å². The molecular weight excluding hydrogens is 278 g/mol. The summed E-state index contributed by atoms with van der Waals surface area (Å²) in [5.41, 5.74) is 3.34. The molecule has 0 bridgehead atoms. The second kappa shape index (κ2) is 5.07. The van der Waals surface area contributed by atoms with Crippen LogP contribution in [-0.2, 0) is 17.8 Å². The molecule has 4 rings (SSSR count). The molecule has 0 saturated carbocycles. The van der Waals surface area contributed by atoms with Gasteiger partial charge in [0.1, 0.15) is 6.10 Å². The van der Waals surface area contributed by atoms with Crippen LogP contribution in [0.15, 0.2) is 36.4 Å². The summed E-state index contributed by atoms with van der Waals surface area (Å²) in [6, 6.07) is 9.84. The molecule has 1 aliphatic heterocycles. The lowest BCUT2D eigenvalue weighted by molar-refractivity contribution is 0.0508. The first-order valence-corrected chi connectivity index (χ1v) is 7.40. The van der Waals surface area contributed by atoms with Crippen molar-refractivity contribution < 1.29 is 14.3 Å². The quantitative estimate of drug-likeness (QED) is 0.690. The fraction of sp³-hybridized carbons (Fsp3) is 0.222. The average molecular weight is 293 g/mol. The maximum absolute atomic E-state index is 12.7. The zero-order valence-corrected chi connectivity index (χ0v) is 12.2. The van der Waals surface area contributed by atoms with Crippen molar-refractivity contribution in [3.8, 4) is 11.6 Å². The van der Waals surface area contributed by atoms with Crippen LogP contribution in [0.3, 0.4) is 0 Å². The van der Waals surface area contributed by atoms with E-state index in [1.165, 1.54) is 0 Å². The van der Waals surface area contributed by atoms with E-state index in [0.29, 0.717) is 23.7 Å². The molecule has 1 atom stereocenters. The van der Waals surface area contributed by atoms with Gasteiger partial charge in [0.05, 0.1) is 17.9 Å². The molecule has 1 unspecified atom stereocenters. The number of pyridine rings is 1. The number of rotatable bonds is 4. The summed E-state index contributed by atoms with van der Waals surface area (Å²) in [6.45, 7) is 2.43. The van der Waals surface area contributed by atoms with Crippen LogP contribution in [0.4, 0.5) is 0 Å². The summed E-state index contributed by atoms with van der Waals surface area (Å²) in [5, 5.41) is 0. The Kier molecular flexibility index (Phi) is 3.05. The number of carbonyl (C=O) groups excluding carboxylic acids is 1. The fourth-order valence-corrected chi connectivity index (χ4v) is 2.80. The van der Waals surface area contributed by atoms with Crippen molar-refractivity contribution >= 4 is 11.9 Å². The van der Waals surface area contributed by atoms with Crippen molar-refractivity contribution in [3.63, 3.8) is 0 Å². The molecule has 4 heteroatoms. The molecule has 2 aliphatic rings. The van der Waals surface area contributed by atoms with Crippen molar-refractivity contribution in [2.45, 2.75) is 26.1 Å². The van der Waals surface area contributed by atoms with E-state index in [9.17, 15) is 4.79 Å². The molecule has 0 N–H and O–H groups in total. The van der Waals surface area contributed by atoms with E-state index >= 15 is 0 Å². The van der Waals surface area contributed by atoms with Gasteiger partial charge >= 0.3 is 0 Å². The van der Waals surface area contributed by atoms with Gasteiger partial charge in [0.15, 0.2) is 11.5 Å². The van der Waals surface area contributed by atoms with Crippen LogP contribution in [-0.4, -0.2) is 16.9 Å². The van der Waals surface area contributed by atoms with Crippen LogP contribution in [0.5, 0.6) is 11.6 Å². The predicted octanol–water partition coefficient (Wildman–Crippen LogP) is 3.54. The number of hydrogen-bond acceptors (Lipinski definition) is 4. The van der Waals surface area contributed by atoms with Crippen LogP contribution < -0.4 is 4.74 Å². The number of carbonyl (C=O) groups is 1. The summed E-state index contributed by atoms with van der Waals surface area (Å²) in [7, 11) is 0. The molecule has 0 amide bonds. The second-order valence-corrected chi connectivity index (χ2v) is 5.38. The molecule has 4 nitrogen and oxygen atoms in total. The number of Topliss-reactive ketones (excluding diaryl/α,β-unsaturated/α-hetero) is 1. The summed E-state index contributed by atoms with van der Waals surface area (Å²) in [4.78, 5) is 17.1. The van der Waals surface area contributed by atoms with Gasteiger partial charge in [-0.3, -0.25) is 4.79 Å². The number of ketones is 1. The maximum atomic E-state index is 12.7. The number of nitrogens with zero attached hydrogens (tertiary/aromatic N) is 1. The van der Waals surface area contributed by atoms with Crippen molar-refractivity contribution in [2.75, 3.05) is 0 Å². The van der Waals surface area contributed by atoms with Crippen molar-refractivity contribution in [2.24, 2.45) is 0 Å². The number of ether oxygens (including phenoxy) is 2. The van der Waals surface area contributed by atoms with Crippen LogP contribution >= 0.6 is 0 Å². The summed E-state index contributed by atoms with van der Waals surface area (Å²) in [5.74, 6) is 1.39. The molecular formula is C18H15NO3. The van der Waals surface area contributed by atoms with E-state index in [2.05, 4.69) is 4.98 Å². The Morgan fingerprint density at radius 2 is 2.09 bits per heavy atom. The van der Waals surface area contributed by atoms with Gasteiger partial charge in [-0.1, -0.05) is 37.3 Å². The van der Waals surface area contributed by atoms with E-state index in [1.807, 2.05) is 43.3 Å². The van der Waals surface area contributed by atoms with E-state index in [-0.39, 0.29) is 5.78 Å². The Bertz CT molecular complexity index is 781. The highest BCUT2D eigenvalue weighted by Gasteiger charge is 2.36. The Labute approximate surface area is 128 Å². The van der Waals surface area contributed by atoms with E-state index in [0.717, 1.165) is 23.3 Å². The Morgan fingerprint density at radius 3 is 2.86 bits per heavy atom. The van der Waals surface area contributed by atoms with E-state index in [4.69, 9.17) is 9.47 Å². The van der Waals surface area contributed by atoms with Crippen molar-refractivity contribution in [3.05, 3.63) is 58.8 Å².